The quantitative estimate of drug-likeness (QED) is 0.843. The van der Waals surface area contributed by atoms with Crippen molar-refractivity contribution in [2.45, 2.75) is 31.8 Å². The summed E-state index contributed by atoms with van der Waals surface area (Å²) in [5.74, 6) is -0.433. The number of methoxy groups -OCH3 is 2. The number of H-pyrrole nitrogens is 1. The SMILES string of the molecule is COC(=O)[C@H]1CCCCN1Cc1cn[nH]c1-c1ccc(OC)c(F)c1. The molecule has 0 radical (unpaired) electrons. The second-order valence-corrected chi connectivity index (χ2v) is 6.12. The molecule has 6 nitrogen and oxygen atoms in total. The molecule has 0 aliphatic carbocycles. The average Bonchev–Trinajstić information content (AvgIpc) is 3.09. The molecule has 2 aromatic rings. The molecule has 0 saturated carbocycles. The molecule has 1 N–H and O–H groups in total. The zero-order chi connectivity index (χ0) is 17.8. The third-order valence-electron chi connectivity index (χ3n) is 4.62. The van der Waals surface area contributed by atoms with E-state index in [1.807, 2.05) is 0 Å². The third kappa shape index (κ3) is 3.66. The van der Waals surface area contributed by atoms with Crippen molar-refractivity contribution < 1.29 is 18.7 Å². The predicted molar refractivity (Wildman–Crippen MR) is 90.6 cm³/mol. The molecule has 0 spiro atoms. The monoisotopic (exact) mass is 347 g/mol. The summed E-state index contributed by atoms with van der Waals surface area (Å²) >= 11 is 0. The highest BCUT2D eigenvalue weighted by atomic mass is 19.1. The molecule has 0 amide bonds. The first-order chi connectivity index (χ1) is 12.1. The number of nitrogens with zero attached hydrogens (tertiary/aromatic N) is 2. The number of hydrogen-bond donors (Lipinski definition) is 1. The zero-order valence-corrected chi connectivity index (χ0v) is 14.4. The Labute approximate surface area is 145 Å². The van der Waals surface area contributed by atoms with Gasteiger partial charge in [-0.2, -0.15) is 5.10 Å². The van der Waals surface area contributed by atoms with Gasteiger partial charge in [-0.25, -0.2) is 4.39 Å². The maximum Gasteiger partial charge on any atom is 0.323 e. The molecule has 3 rings (SSSR count). The number of likely N-dealkylation sites (tertiary alicyclic amines) is 1. The molecule has 1 saturated heterocycles. The van der Waals surface area contributed by atoms with Crippen LogP contribution in [0.3, 0.4) is 0 Å². The summed E-state index contributed by atoms with van der Waals surface area (Å²) in [5, 5.41) is 7.04. The van der Waals surface area contributed by atoms with E-state index in [9.17, 15) is 9.18 Å². The Morgan fingerprint density at radius 1 is 1.40 bits per heavy atom. The van der Waals surface area contributed by atoms with Gasteiger partial charge in [-0.05, 0) is 37.6 Å². The number of esters is 1. The van der Waals surface area contributed by atoms with Gasteiger partial charge >= 0.3 is 5.97 Å². The van der Waals surface area contributed by atoms with Crippen LogP contribution in [0.5, 0.6) is 5.75 Å². The summed E-state index contributed by atoms with van der Waals surface area (Å²) in [4.78, 5) is 14.1. The first-order valence-corrected chi connectivity index (χ1v) is 8.32. The molecular weight excluding hydrogens is 325 g/mol. The summed E-state index contributed by atoms with van der Waals surface area (Å²) in [7, 11) is 2.85. The number of carbonyl (C=O) groups is 1. The third-order valence-corrected chi connectivity index (χ3v) is 4.62. The van der Waals surface area contributed by atoms with E-state index in [0.717, 1.165) is 37.1 Å². The van der Waals surface area contributed by atoms with Gasteiger partial charge < -0.3 is 9.47 Å². The minimum atomic E-state index is -0.425. The van der Waals surface area contributed by atoms with Crippen LogP contribution in [0.25, 0.3) is 11.3 Å². The fourth-order valence-electron chi connectivity index (χ4n) is 3.30. The Balaban J connectivity index is 1.84. The van der Waals surface area contributed by atoms with E-state index in [4.69, 9.17) is 9.47 Å². The van der Waals surface area contributed by atoms with Gasteiger partial charge in [-0.1, -0.05) is 6.42 Å². The van der Waals surface area contributed by atoms with Crippen molar-refractivity contribution in [2.75, 3.05) is 20.8 Å². The molecule has 2 heterocycles. The van der Waals surface area contributed by atoms with Gasteiger partial charge in [0.2, 0.25) is 0 Å². The average molecular weight is 347 g/mol. The number of aromatic nitrogens is 2. The van der Waals surface area contributed by atoms with Gasteiger partial charge in [0.1, 0.15) is 6.04 Å². The number of nitrogens with one attached hydrogen (secondary N) is 1. The Hall–Kier alpha value is -2.41. The number of rotatable bonds is 5. The van der Waals surface area contributed by atoms with E-state index in [0.29, 0.717) is 12.1 Å². The minimum absolute atomic E-state index is 0.201. The van der Waals surface area contributed by atoms with Gasteiger partial charge in [0.15, 0.2) is 11.6 Å². The first-order valence-electron chi connectivity index (χ1n) is 8.32. The second-order valence-electron chi connectivity index (χ2n) is 6.12. The summed E-state index contributed by atoms with van der Waals surface area (Å²) in [5.41, 5.74) is 2.36. The second kappa shape index (κ2) is 7.65. The number of benzene rings is 1. The highest BCUT2D eigenvalue weighted by molar-refractivity contribution is 5.75. The van der Waals surface area contributed by atoms with Crippen LogP contribution in [0.2, 0.25) is 0 Å². The highest BCUT2D eigenvalue weighted by Gasteiger charge is 2.30. The van der Waals surface area contributed by atoms with Gasteiger partial charge in [-0.3, -0.25) is 14.8 Å². The zero-order valence-electron chi connectivity index (χ0n) is 14.4. The van der Waals surface area contributed by atoms with E-state index < -0.39 is 5.82 Å². The van der Waals surface area contributed by atoms with Crippen molar-refractivity contribution in [3.8, 4) is 17.0 Å². The molecule has 0 bridgehead atoms. The number of piperidine rings is 1. The van der Waals surface area contributed by atoms with Gasteiger partial charge in [0, 0.05) is 17.7 Å². The number of aromatic amines is 1. The van der Waals surface area contributed by atoms with Crippen LogP contribution in [-0.2, 0) is 16.1 Å². The van der Waals surface area contributed by atoms with Crippen molar-refractivity contribution in [3.63, 3.8) is 0 Å². The maximum absolute atomic E-state index is 14.0. The lowest BCUT2D eigenvalue weighted by Gasteiger charge is -2.33. The highest BCUT2D eigenvalue weighted by Crippen LogP contribution is 2.28. The molecule has 25 heavy (non-hydrogen) atoms. The Morgan fingerprint density at radius 2 is 2.24 bits per heavy atom. The van der Waals surface area contributed by atoms with Crippen LogP contribution < -0.4 is 4.74 Å². The van der Waals surface area contributed by atoms with Gasteiger partial charge in [-0.15, -0.1) is 0 Å². The molecular formula is C18H22FN3O3. The molecule has 1 aliphatic rings. The van der Waals surface area contributed by atoms with E-state index >= 15 is 0 Å². The van der Waals surface area contributed by atoms with Crippen molar-refractivity contribution >= 4 is 5.97 Å². The first kappa shape index (κ1) is 17.4. The number of hydrogen-bond acceptors (Lipinski definition) is 5. The Morgan fingerprint density at radius 3 is 2.96 bits per heavy atom. The molecule has 7 heteroatoms. The summed E-state index contributed by atoms with van der Waals surface area (Å²) in [6.45, 7) is 1.38. The number of halogens is 1. The normalized spacial score (nSPS) is 18.1. The summed E-state index contributed by atoms with van der Waals surface area (Å²) < 4.78 is 23.9. The lowest BCUT2D eigenvalue weighted by atomic mass is 10.0. The van der Waals surface area contributed by atoms with Crippen LogP contribution in [0.1, 0.15) is 24.8 Å². The van der Waals surface area contributed by atoms with Crippen molar-refractivity contribution in [1.82, 2.24) is 15.1 Å². The van der Waals surface area contributed by atoms with Gasteiger partial charge in [0.05, 0.1) is 26.1 Å². The van der Waals surface area contributed by atoms with E-state index in [-0.39, 0.29) is 17.8 Å². The Bertz CT molecular complexity index is 747. The van der Waals surface area contributed by atoms with Crippen LogP contribution in [0, 0.1) is 5.82 Å². The standard InChI is InChI=1S/C18H22FN3O3/c1-24-16-7-6-12(9-14(16)19)17-13(10-20-21-17)11-22-8-4-3-5-15(22)18(23)25-2/h6-7,9-10,15H,3-5,8,11H2,1-2H3,(H,20,21)/t15-/m1/s1. The van der Waals surface area contributed by atoms with Crippen LogP contribution >= 0.6 is 0 Å². The topological polar surface area (TPSA) is 67.5 Å². The van der Waals surface area contributed by atoms with Crippen LogP contribution in [0.15, 0.2) is 24.4 Å². The van der Waals surface area contributed by atoms with Gasteiger partial charge in [0.25, 0.3) is 0 Å². The van der Waals surface area contributed by atoms with Crippen LogP contribution in [-0.4, -0.2) is 47.9 Å². The molecule has 1 atom stereocenters. The number of ether oxygens (including phenoxy) is 2. The summed E-state index contributed by atoms with van der Waals surface area (Å²) in [6, 6.07) is 4.55. The maximum atomic E-state index is 14.0. The lowest BCUT2D eigenvalue weighted by Crippen LogP contribution is -2.44. The van der Waals surface area contributed by atoms with Crippen molar-refractivity contribution in [3.05, 3.63) is 35.8 Å². The number of carbonyl (C=O) groups excluding carboxylic acids is 1. The molecule has 0 unspecified atom stereocenters. The largest absolute Gasteiger partial charge is 0.494 e. The fourth-order valence-corrected chi connectivity index (χ4v) is 3.30. The molecule has 1 fully saturated rings. The Kier molecular flexibility index (Phi) is 5.33. The van der Waals surface area contributed by atoms with Crippen LogP contribution in [0.4, 0.5) is 4.39 Å². The molecule has 134 valence electrons. The van der Waals surface area contributed by atoms with Crippen molar-refractivity contribution in [1.29, 1.82) is 0 Å². The molecule has 1 aliphatic heterocycles. The predicted octanol–water partition coefficient (Wildman–Crippen LogP) is 2.75. The van der Waals surface area contributed by atoms with E-state index in [2.05, 4.69) is 15.1 Å². The van der Waals surface area contributed by atoms with E-state index in [1.54, 1.807) is 18.3 Å². The van der Waals surface area contributed by atoms with Crippen molar-refractivity contribution in [2.24, 2.45) is 0 Å². The molecule has 1 aromatic heterocycles. The lowest BCUT2D eigenvalue weighted by molar-refractivity contribution is -0.148. The smallest absolute Gasteiger partial charge is 0.323 e. The van der Waals surface area contributed by atoms with E-state index in [1.165, 1.54) is 20.3 Å². The summed E-state index contributed by atoms with van der Waals surface area (Å²) in [6.07, 6.45) is 4.56. The minimum Gasteiger partial charge on any atom is -0.494 e. The fraction of sp³-hybridized carbons (Fsp3) is 0.444. The molecule has 1 aromatic carbocycles.